The Labute approximate surface area is 115 Å². The van der Waals surface area contributed by atoms with Crippen LogP contribution in [0.2, 0.25) is 0 Å². The van der Waals surface area contributed by atoms with Crippen molar-refractivity contribution in [3.63, 3.8) is 0 Å². The highest BCUT2D eigenvalue weighted by Crippen LogP contribution is 2.27. The van der Waals surface area contributed by atoms with Crippen molar-refractivity contribution in [1.29, 1.82) is 0 Å². The Morgan fingerprint density at radius 3 is 2.63 bits per heavy atom. The molecule has 2 rings (SSSR count). The molecule has 1 saturated heterocycles. The topological polar surface area (TPSA) is 29.5 Å². The molecule has 104 valence electrons. The number of carbonyl (C=O) groups excluding carboxylic acids is 1. The Morgan fingerprint density at radius 1 is 1.37 bits per heavy atom. The van der Waals surface area contributed by atoms with Crippen molar-refractivity contribution in [2.24, 2.45) is 0 Å². The van der Waals surface area contributed by atoms with Gasteiger partial charge >= 0.3 is 0 Å². The number of benzene rings is 1. The lowest BCUT2D eigenvalue weighted by Crippen LogP contribution is -2.56. The molecular weight excluding hydrogens is 238 g/mol. The van der Waals surface area contributed by atoms with Gasteiger partial charge in [0.15, 0.2) is 0 Å². The Kier molecular flexibility index (Phi) is 4.07. The third kappa shape index (κ3) is 3.04. The van der Waals surface area contributed by atoms with E-state index in [0.717, 1.165) is 38.2 Å². The van der Waals surface area contributed by atoms with Crippen LogP contribution in [0.3, 0.4) is 0 Å². The Hall–Kier alpha value is -1.19. The minimum atomic E-state index is -0.462. The van der Waals surface area contributed by atoms with E-state index >= 15 is 0 Å². The van der Waals surface area contributed by atoms with E-state index in [1.807, 2.05) is 37.3 Å². The summed E-state index contributed by atoms with van der Waals surface area (Å²) in [5, 5.41) is 0. The van der Waals surface area contributed by atoms with Crippen molar-refractivity contribution in [1.82, 2.24) is 4.90 Å². The minimum Gasteiger partial charge on any atom is -0.378 e. The summed E-state index contributed by atoms with van der Waals surface area (Å²) in [6.45, 7) is 9.43. The van der Waals surface area contributed by atoms with Crippen LogP contribution in [0.1, 0.15) is 26.3 Å². The first kappa shape index (κ1) is 14.2. The van der Waals surface area contributed by atoms with Crippen LogP contribution in [0.25, 0.3) is 0 Å². The summed E-state index contributed by atoms with van der Waals surface area (Å²) in [5.41, 5.74) is 0.597. The highest BCUT2D eigenvalue weighted by atomic mass is 16.5. The predicted octanol–water partition coefficient (Wildman–Crippen LogP) is 2.25. The second-order valence-electron chi connectivity index (χ2n) is 6.19. The van der Waals surface area contributed by atoms with Crippen LogP contribution < -0.4 is 0 Å². The molecule has 3 nitrogen and oxygen atoms in total. The van der Waals surface area contributed by atoms with Crippen molar-refractivity contribution in [3.05, 3.63) is 35.9 Å². The molecule has 19 heavy (non-hydrogen) atoms. The van der Waals surface area contributed by atoms with Gasteiger partial charge in [0.1, 0.15) is 6.29 Å². The number of ether oxygens (including phenoxy) is 1. The number of morpholine rings is 1. The first-order valence-corrected chi connectivity index (χ1v) is 6.83. The number of hydrogen-bond acceptors (Lipinski definition) is 3. The maximum Gasteiger partial charge on any atom is 0.131 e. The largest absolute Gasteiger partial charge is 0.378 e. The summed E-state index contributed by atoms with van der Waals surface area (Å²) < 4.78 is 5.54. The highest BCUT2D eigenvalue weighted by Gasteiger charge is 2.37. The summed E-state index contributed by atoms with van der Waals surface area (Å²) in [5.74, 6) is 0. The molecule has 1 aliphatic heterocycles. The summed E-state index contributed by atoms with van der Waals surface area (Å²) in [6, 6.07) is 10.0. The lowest BCUT2D eigenvalue weighted by atomic mass is 9.82. The van der Waals surface area contributed by atoms with E-state index in [1.54, 1.807) is 0 Å². The molecule has 1 aromatic rings. The zero-order chi connectivity index (χ0) is 13.9. The first-order chi connectivity index (χ1) is 8.98. The number of carbonyl (C=O) groups is 1. The van der Waals surface area contributed by atoms with E-state index in [-0.39, 0.29) is 5.54 Å². The number of rotatable bonds is 4. The SMILES string of the molecule is CC(C=O)(CN1CCOCC1(C)C)c1ccccc1. The van der Waals surface area contributed by atoms with Crippen LogP contribution in [-0.2, 0) is 14.9 Å². The van der Waals surface area contributed by atoms with Gasteiger partial charge < -0.3 is 9.53 Å². The smallest absolute Gasteiger partial charge is 0.131 e. The summed E-state index contributed by atoms with van der Waals surface area (Å²) >= 11 is 0. The van der Waals surface area contributed by atoms with Gasteiger partial charge in [0, 0.05) is 18.6 Å². The molecule has 0 N–H and O–H groups in total. The fourth-order valence-electron chi connectivity index (χ4n) is 2.60. The lowest BCUT2D eigenvalue weighted by Gasteiger charge is -2.45. The quantitative estimate of drug-likeness (QED) is 0.779. The van der Waals surface area contributed by atoms with Crippen molar-refractivity contribution >= 4 is 6.29 Å². The van der Waals surface area contributed by atoms with Crippen molar-refractivity contribution in [3.8, 4) is 0 Å². The highest BCUT2D eigenvalue weighted by molar-refractivity contribution is 5.68. The molecule has 1 unspecified atom stereocenters. The second-order valence-corrected chi connectivity index (χ2v) is 6.19. The summed E-state index contributed by atoms with van der Waals surface area (Å²) in [7, 11) is 0. The summed E-state index contributed by atoms with van der Waals surface area (Å²) in [6.07, 6.45) is 1.08. The minimum absolute atomic E-state index is 0.0166. The van der Waals surface area contributed by atoms with Crippen LogP contribution in [0.4, 0.5) is 0 Å². The van der Waals surface area contributed by atoms with E-state index < -0.39 is 5.41 Å². The molecule has 0 bridgehead atoms. The zero-order valence-electron chi connectivity index (χ0n) is 12.1. The molecule has 1 heterocycles. The molecular formula is C16H23NO2. The normalized spacial score (nSPS) is 22.7. The molecule has 1 aliphatic rings. The van der Waals surface area contributed by atoms with Crippen molar-refractivity contribution in [2.45, 2.75) is 31.7 Å². The van der Waals surface area contributed by atoms with Gasteiger partial charge in [-0.25, -0.2) is 0 Å². The monoisotopic (exact) mass is 261 g/mol. The van der Waals surface area contributed by atoms with Gasteiger partial charge in [-0.2, -0.15) is 0 Å². The Morgan fingerprint density at radius 2 is 2.05 bits per heavy atom. The molecule has 0 spiro atoms. The first-order valence-electron chi connectivity index (χ1n) is 6.83. The van der Waals surface area contributed by atoms with Gasteiger partial charge in [0.25, 0.3) is 0 Å². The lowest BCUT2D eigenvalue weighted by molar-refractivity contribution is -0.115. The molecule has 1 aromatic carbocycles. The van der Waals surface area contributed by atoms with Crippen LogP contribution in [0.15, 0.2) is 30.3 Å². The molecule has 1 atom stereocenters. The van der Waals surface area contributed by atoms with Crippen LogP contribution in [-0.4, -0.2) is 43.0 Å². The maximum atomic E-state index is 11.7. The van der Waals surface area contributed by atoms with Gasteiger partial charge in [-0.15, -0.1) is 0 Å². The van der Waals surface area contributed by atoms with Crippen LogP contribution in [0.5, 0.6) is 0 Å². The fraction of sp³-hybridized carbons (Fsp3) is 0.562. The van der Waals surface area contributed by atoms with Gasteiger partial charge in [0.05, 0.1) is 18.6 Å². The van der Waals surface area contributed by atoms with E-state index in [4.69, 9.17) is 4.74 Å². The number of aldehydes is 1. The maximum absolute atomic E-state index is 11.7. The Balaban J connectivity index is 2.21. The fourth-order valence-corrected chi connectivity index (χ4v) is 2.60. The van der Waals surface area contributed by atoms with E-state index in [9.17, 15) is 4.79 Å². The average Bonchev–Trinajstić information content (AvgIpc) is 2.42. The average molecular weight is 261 g/mol. The molecule has 0 amide bonds. The molecule has 3 heteroatoms. The number of hydrogen-bond donors (Lipinski definition) is 0. The van der Waals surface area contributed by atoms with Crippen molar-refractivity contribution in [2.75, 3.05) is 26.3 Å². The van der Waals surface area contributed by atoms with Crippen LogP contribution in [0, 0.1) is 0 Å². The summed E-state index contributed by atoms with van der Waals surface area (Å²) in [4.78, 5) is 14.0. The van der Waals surface area contributed by atoms with Gasteiger partial charge in [-0.1, -0.05) is 30.3 Å². The predicted molar refractivity (Wildman–Crippen MR) is 76.3 cm³/mol. The van der Waals surface area contributed by atoms with Gasteiger partial charge in [-0.05, 0) is 26.3 Å². The van der Waals surface area contributed by atoms with Crippen molar-refractivity contribution < 1.29 is 9.53 Å². The zero-order valence-corrected chi connectivity index (χ0v) is 12.1. The van der Waals surface area contributed by atoms with E-state index in [1.165, 1.54) is 0 Å². The number of nitrogens with zero attached hydrogens (tertiary/aromatic N) is 1. The van der Waals surface area contributed by atoms with E-state index in [2.05, 4.69) is 18.7 Å². The molecule has 0 aromatic heterocycles. The Bertz CT molecular complexity index is 430. The molecule has 0 saturated carbocycles. The van der Waals surface area contributed by atoms with E-state index in [0.29, 0.717) is 0 Å². The second kappa shape index (κ2) is 5.43. The molecule has 0 radical (unpaired) electrons. The third-order valence-electron chi connectivity index (χ3n) is 4.03. The third-order valence-corrected chi connectivity index (χ3v) is 4.03. The van der Waals surface area contributed by atoms with Gasteiger partial charge in [-0.3, -0.25) is 4.90 Å². The molecule has 1 fully saturated rings. The van der Waals surface area contributed by atoms with Crippen LogP contribution >= 0.6 is 0 Å². The molecule has 0 aliphatic carbocycles. The van der Waals surface area contributed by atoms with Gasteiger partial charge in [0.2, 0.25) is 0 Å². The standard InChI is InChI=1S/C16H23NO2/c1-15(2)13-19-10-9-17(15)11-16(3,12-18)14-7-5-4-6-8-14/h4-8,12H,9-11,13H2,1-3H3.